The predicted molar refractivity (Wildman–Crippen MR) is 132 cm³/mol. The zero-order chi connectivity index (χ0) is 23.5. The van der Waals surface area contributed by atoms with Crippen LogP contribution >= 0.6 is 0 Å². The van der Waals surface area contributed by atoms with Gasteiger partial charge in [0.05, 0.1) is 31.5 Å². The largest absolute Gasteiger partial charge is 0.497 e. The van der Waals surface area contributed by atoms with Crippen LogP contribution in [0.25, 0.3) is 6.08 Å². The molecular formula is C28H26N2O4. The van der Waals surface area contributed by atoms with Crippen molar-refractivity contribution in [2.75, 3.05) is 20.8 Å². The summed E-state index contributed by atoms with van der Waals surface area (Å²) in [5.41, 5.74) is 4.45. The third-order valence-corrected chi connectivity index (χ3v) is 6.13. The number of amides is 1. The average molecular weight is 455 g/mol. The van der Waals surface area contributed by atoms with Crippen molar-refractivity contribution in [1.82, 2.24) is 4.90 Å². The SMILES string of the molecule is COc1ccc(C=C2C[C@H]3C=Nc4cc(OCc5ccccc5)c(OC)cc4C(=O)N3C2)cc1. The molecule has 6 heteroatoms. The highest BCUT2D eigenvalue weighted by atomic mass is 16.5. The van der Waals surface area contributed by atoms with Crippen LogP contribution in [0.15, 0.2) is 77.3 Å². The molecule has 1 saturated heterocycles. The van der Waals surface area contributed by atoms with Gasteiger partial charge in [-0.1, -0.05) is 48.5 Å². The first-order valence-corrected chi connectivity index (χ1v) is 11.2. The van der Waals surface area contributed by atoms with E-state index in [1.165, 1.54) is 5.57 Å². The molecule has 2 heterocycles. The fourth-order valence-electron chi connectivity index (χ4n) is 4.33. The molecule has 0 spiro atoms. The second kappa shape index (κ2) is 9.43. The number of benzene rings is 3. The molecule has 0 aromatic heterocycles. The average Bonchev–Trinajstić information content (AvgIpc) is 3.24. The molecule has 3 aromatic carbocycles. The van der Waals surface area contributed by atoms with Crippen LogP contribution in [0, 0.1) is 0 Å². The van der Waals surface area contributed by atoms with Gasteiger partial charge >= 0.3 is 0 Å². The maximum Gasteiger partial charge on any atom is 0.257 e. The zero-order valence-electron chi connectivity index (χ0n) is 19.2. The van der Waals surface area contributed by atoms with Crippen LogP contribution in [0.2, 0.25) is 0 Å². The monoisotopic (exact) mass is 454 g/mol. The Morgan fingerprint density at radius 3 is 2.53 bits per heavy atom. The molecule has 1 amide bonds. The van der Waals surface area contributed by atoms with Crippen molar-refractivity contribution in [3.8, 4) is 17.2 Å². The molecule has 0 aliphatic carbocycles. The van der Waals surface area contributed by atoms with Crippen LogP contribution in [0.4, 0.5) is 5.69 Å². The second-order valence-corrected chi connectivity index (χ2v) is 8.35. The highest BCUT2D eigenvalue weighted by Crippen LogP contribution is 2.39. The van der Waals surface area contributed by atoms with Gasteiger partial charge in [0, 0.05) is 18.8 Å². The Balaban J connectivity index is 1.38. The lowest BCUT2D eigenvalue weighted by atomic mass is 10.1. The first-order chi connectivity index (χ1) is 16.6. The van der Waals surface area contributed by atoms with Crippen molar-refractivity contribution < 1.29 is 19.0 Å². The van der Waals surface area contributed by atoms with Crippen molar-refractivity contribution in [3.05, 3.63) is 89.0 Å². The Kier molecular flexibility index (Phi) is 6.04. The van der Waals surface area contributed by atoms with Crippen molar-refractivity contribution in [2.24, 2.45) is 4.99 Å². The smallest absolute Gasteiger partial charge is 0.257 e. The van der Waals surface area contributed by atoms with Gasteiger partial charge in [-0.25, -0.2) is 0 Å². The Morgan fingerprint density at radius 2 is 1.79 bits per heavy atom. The van der Waals surface area contributed by atoms with E-state index in [9.17, 15) is 4.79 Å². The van der Waals surface area contributed by atoms with E-state index in [2.05, 4.69) is 11.1 Å². The van der Waals surface area contributed by atoms with E-state index >= 15 is 0 Å². The Bertz CT molecular complexity index is 1250. The molecule has 3 aromatic rings. The molecule has 5 rings (SSSR count). The Morgan fingerprint density at radius 1 is 1.00 bits per heavy atom. The number of hydrogen-bond donors (Lipinski definition) is 0. The summed E-state index contributed by atoms with van der Waals surface area (Å²) >= 11 is 0. The van der Waals surface area contributed by atoms with Gasteiger partial charge in [0.2, 0.25) is 0 Å². The normalized spacial score (nSPS) is 17.8. The van der Waals surface area contributed by atoms with Crippen molar-refractivity contribution in [1.29, 1.82) is 0 Å². The van der Waals surface area contributed by atoms with Crippen LogP contribution in [-0.4, -0.2) is 43.8 Å². The van der Waals surface area contributed by atoms with Gasteiger partial charge in [0.1, 0.15) is 12.4 Å². The first-order valence-electron chi connectivity index (χ1n) is 11.2. The summed E-state index contributed by atoms with van der Waals surface area (Å²) < 4.78 is 16.8. The van der Waals surface area contributed by atoms with Gasteiger partial charge in [-0.05, 0) is 41.3 Å². The summed E-state index contributed by atoms with van der Waals surface area (Å²) in [4.78, 5) is 20.0. The predicted octanol–water partition coefficient (Wildman–Crippen LogP) is 5.30. The van der Waals surface area contributed by atoms with Crippen molar-refractivity contribution >= 4 is 23.9 Å². The Labute approximate surface area is 199 Å². The molecule has 0 unspecified atom stereocenters. The highest BCUT2D eigenvalue weighted by Gasteiger charge is 2.34. The fraction of sp³-hybridized carbons (Fsp3) is 0.214. The third-order valence-electron chi connectivity index (χ3n) is 6.13. The lowest BCUT2D eigenvalue weighted by Gasteiger charge is -2.20. The fourth-order valence-corrected chi connectivity index (χ4v) is 4.33. The first kappa shape index (κ1) is 21.8. The van der Waals surface area contributed by atoms with Gasteiger partial charge in [-0.3, -0.25) is 9.79 Å². The quantitative estimate of drug-likeness (QED) is 0.507. The number of carbonyl (C=O) groups is 1. The summed E-state index contributed by atoms with van der Waals surface area (Å²) in [6.07, 6.45) is 4.76. The van der Waals surface area contributed by atoms with E-state index in [1.807, 2.05) is 65.7 Å². The summed E-state index contributed by atoms with van der Waals surface area (Å²) in [7, 11) is 3.23. The van der Waals surface area contributed by atoms with Gasteiger partial charge < -0.3 is 19.1 Å². The maximum atomic E-state index is 13.5. The molecule has 0 saturated carbocycles. The van der Waals surface area contributed by atoms with Crippen molar-refractivity contribution in [2.45, 2.75) is 19.1 Å². The molecule has 6 nitrogen and oxygen atoms in total. The summed E-state index contributed by atoms with van der Waals surface area (Å²) in [5, 5.41) is 0. The van der Waals surface area contributed by atoms with E-state index < -0.39 is 0 Å². The van der Waals surface area contributed by atoms with Crippen LogP contribution in [0.1, 0.15) is 27.9 Å². The standard InChI is InChI=1S/C28H26N2O4/c1-32-23-10-8-19(9-11-23)12-21-13-22-16-29-25-15-27(34-18-20-6-4-3-5-7-20)26(33-2)14-24(25)28(31)30(22)17-21/h3-12,14-16,22H,13,17-18H2,1-2H3/t22-/m0/s1. The third kappa shape index (κ3) is 4.39. The molecule has 2 aliphatic heterocycles. The van der Waals surface area contributed by atoms with Crippen molar-refractivity contribution in [3.63, 3.8) is 0 Å². The lowest BCUT2D eigenvalue weighted by Crippen LogP contribution is -2.35. The van der Waals surface area contributed by atoms with Crippen LogP contribution in [0.5, 0.6) is 17.2 Å². The van der Waals surface area contributed by atoms with Gasteiger partial charge in [-0.2, -0.15) is 0 Å². The minimum Gasteiger partial charge on any atom is -0.497 e. The molecule has 0 N–H and O–H groups in total. The number of rotatable bonds is 6. The molecule has 0 radical (unpaired) electrons. The number of fused-ring (bicyclic) bond motifs is 2. The van der Waals surface area contributed by atoms with Crippen LogP contribution in [0.3, 0.4) is 0 Å². The number of hydrogen-bond acceptors (Lipinski definition) is 5. The summed E-state index contributed by atoms with van der Waals surface area (Å²) in [6.45, 7) is 0.970. The molecule has 1 atom stereocenters. The number of nitrogens with zero attached hydrogens (tertiary/aromatic N) is 2. The van der Waals surface area contributed by atoms with Gasteiger partial charge in [0.15, 0.2) is 11.5 Å². The number of aliphatic imine (C=N–C) groups is 1. The Hall–Kier alpha value is -4.06. The van der Waals surface area contributed by atoms with Crippen LogP contribution in [-0.2, 0) is 6.61 Å². The molecule has 1 fully saturated rings. The molecular weight excluding hydrogens is 428 g/mol. The molecule has 34 heavy (non-hydrogen) atoms. The number of carbonyl (C=O) groups excluding carboxylic acids is 1. The molecule has 0 bridgehead atoms. The molecule has 2 aliphatic rings. The molecule has 172 valence electrons. The van der Waals surface area contributed by atoms with E-state index in [-0.39, 0.29) is 11.9 Å². The van der Waals surface area contributed by atoms with Gasteiger partial charge in [0.25, 0.3) is 5.91 Å². The van der Waals surface area contributed by atoms with Crippen LogP contribution < -0.4 is 14.2 Å². The van der Waals surface area contributed by atoms with E-state index in [1.54, 1.807) is 26.4 Å². The number of ether oxygens (including phenoxy) is 3. The highest BCUT2D eigenvalue weighted by molar-refractivity contribution is 6.04. The lowest BCUT2D eigenvalue weighted by molar-refractivity contribution is 0.0777. The maximum absolute atomic E-state index is 13.5. The van der Waals surface area contributed by atoms with E-state index in [0.29, 0.717) is 35.9 Å². The second-order valence-electron chi connectivity index (χ2n) is 8.35. The minimum atomic E-state index is -0.0796. The van der Waals surface area contributed by atoms with E-state index in [0.717, 1.165) is 23.3 Å². The zero-order valence-corrected chi connectivity index (χ0v) is 19.2. The number of methoxy groups -OCH3 is 2. The van der Waals surface area contributed by atoms with E-state index in [4.69, 9.17) is 14.2 Å². The van der Waals surface area contributed by atoms with Gasteiger partial charge in [-0.15, -0.1) is 0 Å². The summed E-state index contributed by atoms with van der Waals surface area (Å²) in [5.74, 6) is 1.85. The summed E-state index contributed by atoms with van der Waals surface area (Å²) in [6, 6.07) is 21.3. The topological polar surface area (TPSA) is 60.4 Å². The minimum absolute atomic E-state index is 0.0523.